The van der Waals surface area contributed by atoms with Crippen LogP contribution in [0.4, 0.5) is 0 Å². The van der Waals surface area contributed by atoms with Crippen LogP contribution in [-0.2, 0) is 11.2 Å². The van der Waals surface area contributed by atoms with E-state index in [1.54, 1.807) is 29.1 Å². The fraction of sp³-hybridized carbons (Fsp3) is 0.294. The van der Waals surface area contributed by atoms with Crippen LogP contribution in [0.3, 0.4) is 0 Å². The average Bonchev–Trinajstić information content (AvgIpc) is 2.53. The Balaban J connectivity index is 1.84. The van der Waals surface area contributed by atoms with Gasteiger partial charge in [-0.3, -0.25) is 9.78 Å². The van der Waals surface area contributed by atoms with Gasteiger partial charge in [-0.25, -0.2) is 0 Å². The monoisotopic (exact) mass is 300 g/mol. The van der Waals surface area contributed by atoms with E-state index in [0.717, 1.165) is 17.9 Å². The summed E-state index contributed by atoms with van der Waals surface area (Å²) < 4.78 is 0. The van der Waals surface area contributed by atoms with Crippen LogP contribution >= 0.6 is 11.8 Å². The Bertz CT molecular complexity index is 560. The summed E-state index contributed by atoms with van der Waals surface area (Å²) in [5.41, 5.74) is 1.20. The average molecular weight is 300 g/mol. The van der Waals surface area contributed by atoms with Crippen LogP contribution in [0.5, 0.6) is 0 Å². The summed E-state index contributed by atoms with van der Waals surface area (Å²) in [6.45, 7) is 2.69. The van der Waals surface area contributed by atoms with Gasteiger partial charge in [-0.05, 0) is 43.2 Å². The van der Waals surface area contributed by atoms with Crippen LogP contribution < -0.4 is 0 Å². The number of hydrogen-bond donors (Lipinski definition) is 0. The molecular formula is C17H20N2OS. The molecule has 1 aromatic carbocycles. The minimum atomic E-state index is -0.0742. The normalized spacial score (nSPS) is 11.9. The van der Waals surface area contributed by atoms with Crippen molar-refractivity contribution in [3.05, 3.63) is 60.4 Å². The van der Waals surface area contributed by atoms with Crippen molar-refractivity contribution in [2.45, 2.75) is 23.5 Å². The molecule has 0 fully saturated rings. The quantitative estimate of drug-likeness (QED) is 0.768. The summed E-state index contributed by atoms with van der Waals surface area (Å²) in [5.74, 6) is 0.165. The maximum atomic E-state index is 12.4. The van der Waals surface area contributed by atoms with Gasteiger partial charge in [-0.2, -0.15) is 0 Å². The molecule has 1 heterocycles. The third kappa shape index (κ3) is 4.90. The molecule has 1 aromatic heterocycles. The van der Waals surface area contributed by atoms with Gasteiger partial charge in [0.2, 0.25) is 5.91 Å². The van der Waals surface area contributed by atoms with E-state index in [1.807, 2.05) is 56.4 Å². The second-order valence-corrected chi connectivity index (χ2v) is 6.35. The molecule has 0 saturated heterocycles. The number of aromatic nitrogens is 1. The molecule has 0 N–H and O–H groups in total. The lowest BCUT2D eigenvalue weighted by Crippen LogP contribution is -2.34. The van der Waals surface area contributed by atoms with Crippen molar-refractivity contribution in [2.75, 3.05) is 13.6 Å². The molecule has 0 aliphatic carbocycles. The van der Waals surface area contributed by atoms with E-state index >= 15 is 0 Å². The van der Waals surface area contributed by atoms with Gasteiger partial charge in [-0.15, -0.1) is 11.8 Å². The van der Waals surface area contributed by atoms with Crippen LogP contribution in [0, 0.1) is 0 Å². The summed E-state index contributed by atoms with van der Waals surface area (Å²) in [6, 6.07) is 14.0. The lowest BCUT2D eigenvalue weighted by molar-refractivity contribution is -0.128. The molecule has 4 heteroatoms. The number of carbonyl (C=O) groups is 1. The summed E-state index contributed by atoms with van der Waals surface area (Å²) in [4.78, 5) is 19.3. The fourth-order valence-electron chi connectivity index (χ4n) is 2.02. The number of rotatable bonds is 6. The van der Waals surface area contributed by atoms with Crippen molar-refractivity contribution in [1.82, 2.24) is 9.88 Å². The summed E-state index contributed by atoms with van der Waals surface area (Å²) >= 11 is 1.60. The zero-order chi connectivity index (χ0) is 15.1. The van der Waals surface area contributed by atoms with Gasteiger partial charge in [0.25, 0.3) is 0 Å². The molecule has 0 radical (unpaired) electrons. The van der Waals surface area contributed by atoms with E-state index in [9.17, 15) is 4.79 Å². The van der Waals surface area contributed by atoms with Gasteiger partial charge in [0.1, 0.15) is 0 Å². The van der Waals surface area contributed by atoms with Gasteiger partial charge < -0.3 is 4.90 Å². The number of benzene rings is 1. The highest BCUT2D eigenvalue weighted by Gasteiger charge is 2.18. The molecule has 110 valence electrons. The minimum absolute atomic E-state index is 0.0742. The highest BCUT2D eigenvalue weighted by atomic mass is 32.2. The first-order valence-corrected chi connectivity index (χ1v) is 7.90. The molecule has 21 heavy (non-hydrogen) atoms. The molecule has 0 saturated carbocycles. The summed E-state index contributed by atoms with van der Waals surface area (Å²) in [5, 5.41) is -0.0742. The maximum Gasteiger partial charge on any atom is 0.235 e. The zero-order valence-electron chi connectivity index (χ0n) is 12.4. The van der Waals surface area contributed by atoms with Crippen LogP contribution in [0.15, 0.2) is 59.8 Å². The Morgan fingerprint density at radius 1 is 1.19 bits per heavy atom. The van der Waals surface area contributed by atoms with E-state index < -0.39 is 0 Å². The van der Waals surface area contributed by atoms with Gasteiger partial charge in [-0.1, -0.05) is 18.2 Å². The van der Waals surface area contributed by atoms with Crippen LogP contribution in [0.25, 0.3) is 0 Å². The number of pyridine rings is 1. The standard InChI is InChI=1S/C17H20N2OS/c1-14(21-16-6-4-3-5-7-16)17(20)19(2)13-10-15-8-11-18-12-9-15/h3-9,11-12,14H,10,13H2,1-2H3. The molecule has 1 atom stereocenters. The van der Waals surface area contributed by atoms with Gasteiger partial charge >= 0.3 is 0 Å². The lowest BCUT2D eigenvalue weighted by atomic mass is 10.2. The second-order valence-electron chi connectivity index (χ2n) is 4.94. The first-order valence-electron chi connectivity index (χ1n) is 7.02. The Morgan fingerprint density at radius 2 is 1.86 bits per heavy atom. The number of amides is 1. The van der Waals surface area contributed by atoms with E-state index in [0.29, 0.717) is 0 Å². The van der Waals surface area contributed by atoms with Crippen LogP contribution in [-0.4, -0.2) is 34.6 Å². The Morgan fingerprint density at radius 3 is 2.52 bits per heavy atom. The number of likely N-dealkylation sites (N-methyl/N-ethyl adjacent to an activating group) is 1. The van der Waals surface area contributed by atoms with Crippen molar-refractivity contribution >= 4 is 17.7 Å². The van der Waals surface area contributed by atoms with Crippen molar-refractivity contribution < 1.29 is 4.79 Å². The Hall–Kier alpha value is -1.81. The molecule has 2 rings (SSSR count). The topological polar surface area (TPSA) is 33.2 Å². The molecule has 0 aliphatic rings. The number of carbonyl (C=O) groups excluding carboxylic acids is 1. The molecule has 2 aromatic rings. The number of nitrogens with zero attached hydrogens (tertiary/aromatic N) is 2. The first-order chi connectivity index (χ1) is 10.2. The number of thioether (sulfide) groups is 1. The first kappa shape index (κ1) is 15.6. The zero-order valence-corrected chi connectivity index (χ0v) is 13.2. The molecule has 1 unspecified atom stereocenters. The van der Waals surface area contributed by atoms with Crippen LogP contribution in [0.1, 0.15) is 12.5 Å². The summed E-state index contributed by atoms with van der Waals surface area (Å²) in [7, 11) is 1.87. The molecule has 0 aliphatic heterocycles. The van der Waals surface area contributed by atoms with E-state index in [1.165, 1.54) is 5.56 Å². The fourth-order valence-corrected chi connectivity index (χ4v) is 3.02. The van der Waals surface area contributed by atoms with Gasteiger partial charge in [0, 0.05) is 30.9 Å². The van der Waals surface area contributed by atoms with Crippen molar-refractivity contribution in [2.24, 2.45) is 0 Å². The Labute approximate surface area is 130 Å². The molecular weight excluding hydrogens is 280 g/mol. The highest BCUT2D eigenvalue weighted by molar-refractivity contribution is 8.00. The molecule has 1 amide bonds. The van der Waals surface area contributed by atoms with E-state index in [4.69, 9.17) is 0 Å². The lowest BCUT2D eigenvalue weighted by Gasteiger charge is -2.21. The van der Waals surface area contributed by atoms with Crippen molar-refractivity contribution in [3.63, 3.8) is 0 Å². The summed E-state index contributed by atoms with van der Waals surface area (Å²) in [6.07, 6.45) is 4.42. The largest absolute Gasteiger partial charge is 0.344 e. The van der Waals surface area contributed by atoms with E-state index in [2.05, 4.69) is 4.98 Å². The molecule has 0 spiro atoms. The molecule has 0 bridgehead atoms. The van der Waals surface area contributed by atoms with Crippen LogP contribution in [0.2, 0.25) is 0 Å². The third-order valence-corrected chi connectivity index (χ3v) is 4.36. The van der Waals surface area contributed by atoms with Gasteiger partial charge in [0.05, 0.1) is 5.25 Å². The van der Waals surface area contributed by atoms with Crippen molar-refractivity contribution in [1.29, 1.82) is 0 Å². The second kappa shape index (κ2) is 7.84. The Kier molecular flexibility index (Phi) is 5.81. The molecule has 3 nitrogen and oxygen atoms in total. The van der Waals surface area contributed by atoms with E-state index in [-0.39, 0.29) is 11.2 Å². The number of hydrogen-bond acceptors (Lipinski definition) is 3. The SMILES string of the molecule is CC(Sc1ccccc1)C(=O)N(C)CCc1ccncc1. The predicted octanol–water partition coefficient (Wildman–Crippen LogP) is 3.26. The van der Waals surface area contributed by atoms with Crippen molar-refractivity contribution in [3.8, 4) is 0 Å². The third-order valence-electron chi connectivity index (χ3n) is 3.27. The maximum absolute atomic E-state index is 12.4. The predicted molar refractivity (Wildman–Crippen MR) is 87.3 cm³/mol. The van der Waals surface area contributed by atoms with Gasteiger partial charge in [0.15, 0.2) is 0 Å². The minimum Gasteiger partial charge on any atom is -0.344 e. The highest BCUT2D eigenvalue weighted by Crippen LogP contribution is 2.23. The smallest absolute Gasteiger partial charge is 0.235 e.